The number of benzene rings is 1. The van der Waals surface area contributed by atoms with Gasteiger partial charge >= 0.3 is 0 Å². The van der Waals surface area contributed by atoms with Crippen molar-refractivity contribution >= 4 is 0 Å². The highest BCUT2D eigenvalue weighted by atomic mass is 16.5. The maximum Gasteiger partial charge on any atom is 0.0593 e. The van der Waals surface area contributed by atoms with E-state index in [-0.39, 0.29) is 5.54 Å². The van der Waals surface area contributed by atoms with Crippen LogP contribution in [-0.4, -0.2) is 43.3 Å². The second-order valence-electron chi connectivity index (χ2n) is 5.32. The smallest absolute Gasteiger partial charge is 0.0593 e. The van der Waals surface area contributed by atoms with Gasteiger partial charge in [0, 0.05) is 31.8 Å². The third-order valence-corrected chi connectivity index (χ3v) is 3.85. The molecular weight excluding hydrogens is 224 g/mol. The molecule has 1 saturated heterocycles. The Morgan fingerprint density at radius 1 is 1.22 bits per heavy atom. The SMILES string of the molecule is CC(CN)(Cc1ccccc1)N1CCCOCC1. The highest BCUT2D eigenvalue weighted by Crippen LogP contribution is 2.21. The molecule has 1 aliphatic heterocycles. The zero-order valence-electron chi connectivity index (χ0n) is 11.3. The van der Waals surface area contributed by atoms with Crippen molar-refractivity contribution in [3.05, 3.63) is 35.9 Å². The van der Waals surface area contributed by atoms with E-state index >= 15 is 0 Å². The van der Waals surface area contributed by atoms with Crippen LogP contribution in [-0.2, 0) is 11.2 Å². The lowest BCUT2D eigenvalue weighted by Crippen LogP contribution is -2.54. The van der Waals surface area contributed by atoms with Gasteiger partial charge in [-0.05, 0) is 25.3 Å². The molecule has 1 unspecified atom stereocenters. The van der Waals surface area contributed by atoms with Crippen LogP contribution >= 0.6 is 0 Å². The van der Waals surface area contributed by atoms with Gasteiger partial charge in [-0.3, -0.25) is 4.90 Å². The Hall–Kier alpha value is -0.900. The second kappa shape index (κ2) is 6.32. The first-order chi connectivity index (χ1) is 8.74. The molecule has 0 bridgehead atoms. The molecule has 3 nitrogen and oxygen atoms in total. The van der Waals surface area contributed by atoms with Crippen LogP contribution in [0.5, 0.6) is 0 Å². The topological polar surface area (TPSA) is 38.5 Å². The molecule has 1 aliphatic rings. The average Bonchev–Trinajstić information content (AvgIpc) is 2.69. The molecule has 100 valence electrons. The predicted octanol–water partition coefficient (Wildman–Crippen LogP) is 1.67. The molecule has 1 fully saturated rings. The van der Waals surface area contributed by atoms with Crippen molar-refractivity contribution < 1.29 is 4.74 Å². The van der Waals surface area contributed by atoms with E-state index in [1.54, 1.807) is 0 Å². The van der Waals surface area contributed by atoms with Crippen LogP contribution in [0.25, 0.3) is 0 Å². The summed E-state index contributed by atoms with van der Waals surface area (Å²) in [5, 5.41) is 0. The Labute approximate surface area is 110 Å². The van der Waals surface area contributed by atoms with Gasteiger partial charge < -0.3 is 10.5 Å². The van der Waals surface area contributed by atoms with Crippen LogP contribution < -0.4 is 5.73 Å². The first kappa shape index (κ1) is 13.5. The summed E-state index contributed by atoms with van der Waals surface area (Å²) in [7, 11) is 0. The molecule has 1 atom stereocenters. The van der Waals surface area contributed by atoms with Crippen LogP contribution in [0.15, 0.2) is 30.3 Å². The molecule has 0 aliphatic carbocycles. The largest absolute Gasteiger partial charge is 0.380 e. The standard InChI is InChI=1S/C15H24N2O/c1-15(13-16,12-14-6-3-2-4-7-14)17-8-5-10-18-11-9-17/h2-4,6-7H,5,8-13,16H2,1H3. The van der Waals surface area contributed by atoms with Gasteiger partial charge in [0.15, 0.2) is 0 Å². The van der Waals surface area contributed by atoms with Crippen LogP contribution in [0, 0.1) is 0 Å². The molecule has 18 heavy (non-hydrogen) atoms. The normalized spacial score (nSPS) is 21.2. The fraction of sp³-hybridized carbons (Fsp3) is 0.600. The summed E-state index contributed by atoms with van der Waals surface area (Å²) >= 11 is 0. The molecule has 1 aromatic carbocycles. The van der Waals surface area contributed by atoms with E-state index in [1.807, 2.05) is 0 Å². The van der Waals surface area contributed by atoms with Gasteiger partial charge in [-0.1, -0.05) is 30.3 Å². The van der Waals surface area contributed by atoms with E-state index in [0.29, 0.717) is 6.54 Å². The Bertz CT molecular complexity index is 347. The van der Waals surface area contributed by atoms with Gasteiger partial charge in [0.05, 0.1) is 6.61 Å². The maximum absolute atomic E-state index is 6.05. The molecule has 0 radical (unpaired) electrons. The van der Waals surface area contributed by atoms with Gasteiger partial charge in [0.25, 0.3) is 0 Å². The lowest BCUT2D eigenvalue weighted by molar-refractivity contribution is 0.0940. The van der Waals surface area contributed by atoms with E-state index in [9.17, 15) is 0 Å². The van der Waals surface area contributed by atoms with Crippen molar-refractivity contribution in [2.75, 3.05) is 32.8 Å². The van der Waals surface area contributed by atoms with Crippen LogP contribution in [0.2, 0.25) is 0 Å². The molecular formula is C15H24N2O. The monoisotopic (exact) mass is 248 g/mol. The first-order valence-corrected chi connectivity index (χ1v) is 6.81. The second-order valence-corrected chi connectivity index (χ2v) is 5.32. The lowest BCUT2D eigenvalue weighted by atomic mass is 9.90. The number of nitrogens with zero attached hydrogens (tertiary/aromatic N) is 1. The summed E-state index contributed by atoms with van der Waals surface area (Å²) in [6, 6.07) is 10.6. The van der Waals surface area contributed by atoms with Crippen molar-refractivity contribution in [2.24, 2.45) is 5.73 Å². The van der Waals surface area contributed by atoms with Crippen molar-refractivity contribution in [1.29, 1.82) is 0 Å². The Morgan fingerprint density at radius 3 is 2.72 bits per heavy atom. The summed E-state index contributed by atoms with van der Waals surface area (Å²) in [5.41, 5.74) is 7.45. The minimum absolute atomic E-state index is 0.0368. The fourth-order valence-corrected chi connectivity index (χ4v) is 2.63. The quantitative estimate of drug-likeness (QED) is 0.881. The van der Waals surface area contributed by atoms with E-state index in [4.69, 9.17) is 10.5 Å². The molecule has 1 heterocycles. The molecule has 0 saturated carbocycles. The van der Waals surface area contributed by atoms with Gasteiger partial charge in [-0.25, -0.2) is 0 Å². The molecule has 2 rings (SSSR count). The molecule has 1 aromatic rings. The molecule has 0 amide bonds. The number of hydrogen-bond acceptors (Lipinski definition) is 3. The molecule has 0 spiro atoms. The highest BCUT2D eigenvalue weighted by Gasteiger charge is 2.31. The minimum Gasteiger partial charge on any atom is -0.380 e. The Morgan fingerprint density at radius 2 is 2.00 bits per heavy atom. The molecule has 3 heteroatoms. The van der Waals surface area contributed by atoms with E-state index in [0.717, 1.165) is 39.1 Å². The zero-order chi connectivity index (χ0) is 12.8. The van der Waals surface area contributed by atoms with Crippen molar-refractivity contribution in [1.82, 2.24) is 4.90 Å². The highest BCUT2D eigenvalue weighted by molar-refractivity contribution is 5.18. The summed E-state index contributed by atoms with van der Waals surface area (Å²) in [4.78, 5) is 2.49. The summed E-state index contributed by atoms with van der Waals surface area (Å²) in [5.74, 6) is 0. The third kappa shape index (κ3) is 3.31. The molecule has 0 aromatic heterocycles. The van der Waals surface area contributed by atoms with Gasteiger partial charge in [-0.15, -0.1) is 0 Å². The van der Waals surface area contributed by atoms with Crippen LogP contribution in [0.4, 0.5) is 0 Å². The van der Waals surface area contributed by atoms with Gasteiger partial charge in [0.2, 0.25) is 0 Å². The molecule has 2 N–H and O–H groups in total. The summed E-state index contributed by atoms with van der Waals surface area (Å²) < 4.78 is 5.53. The lowest BCUT2D eigenvalue weighted by Gasteiger charge is -2.40. The van der Waals surface area contributed by atoms with Gasteiger partial charge in [0.1, 0.15) is 0 Å². The van der Waals surface area contributed by atoms with E-state index in [2.05, 4.69) is 42.2 Å². The number of hydrogen-bond donors (Lipinski definition) is 1. The van der Waals surface area contributed by atoms with E-state index < -0.39 is 0 Å². The van der Waals surface area contributed by atoms with E-state index in [1.165, 1.54) is 5.56 Å². The summed E-state index contributed by atoms with van der Waals surface area (Å²) in [6.07, 6.45) is 2.11. The number of ether oxygens (including phenoxy) is 1. The Balaban J connectivity index is 2.08. The predicted molar refractivity (Wildman–Crippen MR) is 74.6 cm³/mol. The first-order valence-electron chi connectivity index (χ1n) is 6.81. The minimum atomic E-state index is 0.0368. The van der Waals surface area contributed by atoms with Crippen LogP contribution in [0.3, 0.4) is 0 Å². The summed E-state index contributed by atoms with van der Waals surface area (Å²) in [6.45, 7) is 6.72. The third-order valence-electron chi connectivity index (χ3n) is 3.85. The van der Waals surface area contributed by atoms with Crippen molar-refractivity contribution in [3.8, 4) is 0 Å². The number of nitrogens with two attached hydrogens (primary N) is 1. The van der Waals surface area contributed by atoms with Crippen molar-refractivity contribution in [3.63, 3.8) is 0 Å². The zero-order valence-corrected chi connectivity index (χ0v) is 11.3. The number of rotatable bonds is 4. The Kier molecular flexibility index (Phi) is 4.75. The maximum atomic E-state index is 6.05. The van der Waals surface area contributed by atoms with Gasteiger partial charge in [-0.2, -0.15) is 0 Å². The van der Waals surface area contributed by atoms with Crippen molar-refractivity contribution in [2.45, 2.75) is 25.3 Å². The average molecular weight is 248 g/mol. The fourth-order valence-electron chi connectivity index (χ4n) is 2.63. The van der Waals surface area contributed by atoms with Crippen LogP contribution in [0.1, 0.15) is 18.9 Å².